The third-order valence-corrected chi connectivity index (χ3v) is 2.49. The summed E-state index contributed by atoms with van der Waals surface area (Å²) < 4.78 is 7.20. The average molecular weight is 241 g/mol. The van der Waals surface area contributed by atoms with E-state index in [9.17, 15) is 5.11 Å². The zero-order chi connectivity index (χ0) is 12.5. The molecule has 1 aromatic heterocycles. The molecule has 0 fully saturated rings. The van der Waals surface area contributed by atoms with Gasteiger partial charge in [-0.05, 0) is 19.3 Å². The first-order valence-electron chi connectivity index (χ1n) is 6.40. The summed E-state index contributed by atoms with van der Waals surface area (Å²) in [7, 11) is 0. The second-order valence-electron chi connectivity index (χ2n) is 4.16. The maximum absolute atomic E-state index is 9.85. The largest absolute Gasteiger partial charge is 0.393 e. The predicted octanol–water partition coefficient (Wildman–Crippen LogP) is 1.41. The van der Waals surface area contributed by atoms with E-state index in [1.54, 1.807) is 6.33 Å². The minimum atomic E-state index is -0.397. The molecule has 0 aliphatic rings. The molecule has 0 amide bonds. The molecule has 1 atom stereocenters. The Kier molecular flexibility index (Phi) is 6.81. The quantitative estimate of drug-likeness (QED) is 0.664. The number of aliphatic hydroxyl groups is 1. The van der Waals surface area contributed by atoms with Gasteiger partial charge >= 0.3 is 0 Å². The van der Waals surface area contributed by atoms with Crippen molar-refractivity contribution in [1.82, 2.24) is 14.8 Å². The maximum atomic E-state index is 9.85. The highest BCUT2D eigenvalue weighted by atomic mass is 16.5. The molecule has 17 heavy (non-hydrogen) atoms. The second kappa shape index (κ2) is 8.20. The molecule has 1 rings (SSSR count). The zero-order valence-electron chi connectivity index (χ0n) is 10.8. The molecule has 1 heterocycles. The Bertz CT molecular complexity index is 302. The lowest BCUT2D eigenvalue weighted by atomic mass is 10.2. The van der Waals surface area contributed by atoms with Crippen LogP contribution in [0.2, 0.25) is 0 Å². The molecular formula is C12H23N3O2. The SMILES string of the molecule is CCCOCCC(O)Cc1ncnn1CCC. The van der Waals surface area contributed by atoms with E-state index < -0.39 is 6.10 Å². The number of hydrogen-bond donors (Lipinski definition) is 1. The van der Waals surface area contributed by atoms with Gasteiger partial charge < -0.3 is 9.84 Å². The molecule has 1 unspecified atom stereocenters. The van der Waals surface area contributed by atoms with Gasteiger partial charge in [-0.25, -0.2) is 4.98 Å². The molecule has 5 heteroatoms. The van der Waals surface area contributed by atoms with Gasteiger partial charge in [0.05, 0.1) is 6.10 Å². The van der Waals surface area contributed by atoms with Crippen molar-refractivity contribution in [2.45, 2.75) is 52.2 Å². The summed E-state index contributed by atoms with van der Waals surface area (Å²) in [6, 6.07) is 0. The van der Waals surface area contributed by atoms with E-state index in [-0.39, 0.29) is 0 Å². The summed E-state index contributed by atoms with van der Waals surface area (Å²) in [6.07, 6.45) is 4.39. The number of hydrogen-bond acceptors (Lipinski definition) is 4. The molecule has 5 nitrogen and oxygen atoms in total. The van der Waals surface area contributed by atoms with Gasteiger partial charge in [-0.1, -0.05) is 13.8 Å². The lowest BCUT2D eigenvalue weighted by Gasteiger charge is -2.11. The van der Waals surface area contributed by atoms with Crippen molar-refractivity contribution >= 4 is 0 Å². The summed E-state index contributed by atoms with van der Waals surface area (Å²) in [5, 5.41) is 14.0. The molecule has 0 saturated heterocycles. The summed E-state index contributed by atoms with van der Waals surface area (Å²) in [5.74, 6) is 0.856. The molecule has 1 N–H and O–H groups in total. The van der Waals surface area contributed by atoms with Crippen molar-refractivity contribution in [2.75, 3.05) is 13.2 Å². The standard InChI is InChI=1S/C12H23N3O2/c1-3-6-15-12(13-10-14-15)9-11(16)5-8-17-7-4-2/h10-11,16H,3-9H2,1-2H3. The van der Waals surface area contributed by atoms with Crippen molar-refractivity contribution < 1.29 is 9.84 Å². The molecule has 0 spiro atoms. The maximum Gasteiger partial charge on any atom is 0.138 e. The van der Waals surface area contributed by atoms with Crippen LogP contribution in [0.1, 0.15) is 38.9 Å². The Morgan fingerprint density at radius 1 is 1.35 bits per heavy atom. The Balaban J connectivity index is 2.29. The van der Waals surface area contributed by atoms with E-state index in [4.69, 9.17) is 4.74 Å². The minimum absolute atomic E-state index is 0.397. The number of nitrogens with zero attached hydrogens (tertiary/aromatic N) is 3. The van der Waals surface area contributed by atoms with E-state index in [0.717, 1.165) is 31.8 Å². The third-order valence-electron chi connectivity index (χ3n) is 2.49. The molecule has 0 radical (unpaired) electrons. The van der Waals surface area contributed by atoms with Gasteiger partial charge in [0.15, 0.2) is 0 Å². The number of aryl methyl sites for hydroxylation is 1. The Labute approximate surface area is 103 Å². The van der Waals surface area contributed by atoms with Crippen LogP contribution in [0, 0.1) is 0 Å². The van der Waals surface area contributed by atoms with Crippen molar-refractivity contribution in [3.8, 4) is 0 Å². The molecule has 0 aliphatic heterocycles. The van der Waals surface area contributed by atoms with Crippen molar-refractivity contribution in [1.29, 1.82) is 0 Å². The molecule has 98 valence electrons. The van der Waals surface area contributed by atoms with Crippen LogP contribution in [-0.4, -0.2) is 39.2 Å². The van der Waals surface area contributed by atoms with Crippen molar-refractivity contribution in [2.24, 2.45) is 0 Å². The van der Waals surface area contributed by atoms with Gasteiger partial charge in [0.1, 0.15) is 12.2 Å². The van der Waals surface area contributed by atoms with Crippen molar-refractivity contribution in [3.05, 3.63) is 12.2 Å². The molecular weight excluding hydrogens is 218 g/mol. The van der Waals surface area contributed by atoms with Crippen LogP contribution in [0.4, 0.5) is 0 Å². The fourth-order valence-corrected chi connectivity index (χ4v) is 1.62. The second-order valence-corrected chi connectivity index (χ2v) is 4.16. The fraction of sp³-hybridized carbons (Fsp3) is 0.833. The highest BCUT2D eigenvalue weighted by molar-refractivity contribution is 4.87. The predicted molar refractivity (Wildman–Crippen MR) is 65.8 cm³/mol. The number of ether oxygens (including phenoxy) is 1. The fourth-order valence-electron chi connectivity index (χ4n) is 1.62. The highest BCUT2D eigenvalue weighted by Crippen LogP contribution is 2.04. The number of aliphatic hydroxyl groups excluding tert-OH is 1. The first-order chi connectivity index (χ1) is 8.27. The summed E-state index contributed by atoms with van der Waals surface area (Å²) >= 11 is 0. The lowest BCUT2D eigenvalue weighted by molar-refractivity contribution is 0.0810. The van der Waals surface area contributed by atoms with Gasteiger partial charge in [-0.3, -0.25) is 4.68 Å². The Hall–Kier alpha value is -0.940. The van der Waals surface area contributed by atoms with Crippen LogP contribution in [0.15, 0.2) is 6.33 Å². The number of aromatic nitrogens is 3. The van der Waals surface area contributed by atoms with Crippen LogP contribution in [0.5, 0.6) is 0 Å². The van der Waals surface area contributed by atoms with E-state index in [2.05, 4.69) is 23.9 Å². The average Bonchev–Trinajstić information content (AvgIpc) is 2.73. The Morgan fingerprint density at radius 3 is 2.88 bits per heavy atom. The molecule has 0 saturated carbocycles. The van der Waals surface area contributed by atoms with Crippen LogP contribution in [0.25, 0.3) is 0 Å². The lowest BCUT2D eigenvalue weighted by Crippen LogP contribution is -2.17. The van der Waals surface area contributed by atoms with E-state index in [0.29, 0.717) is 19.4 Å². The molecule has 0 aromatic carbocycles. The topological polar surface area (TPSA) is 60.2 Å². The smallest absolute Gasteiger partial charge is 0.138 e. The van der Waals surface area contributed by atoms with Gasteiger partial charge in [0, 0.05) is 26.2 Å². The molecule has 0 aliphatic carbocycles. The highest BCUT2D eigenvalue weighted by Gasteiger charge is 2.10. The van der Waals surface area contributed by atoms with Crippen molar-refractivity contribution in [3.63, 3.8) is 0 Å². The summed E-state index contributed by atoms with van der Waals surface area (Å²) in [4.78, 5) is 4.17. The monoisotopic (exact) mass is 241 g/mol. The summed E-state index contributed by atoms with van der Waals surface area (Å²) in [5.41, 5.74) is 0. The first-order valence-corrected chi connectivity index (χ1v) is 6.40. The number of rotatable bonds is 9. The van der Waals surface area contributed by atoms with Crippen LogP contribution in [0.3, 0.4) is 0 Å². The zero-order valence-corrected chi connectivity index (χ0v) is 10.8. The van der Waals surface area contributed by atoms with E-state index >= 15 is 0 Å². The van der Waals surface area contributed by atoms with Crippen LogP contribution >= 0.6 is 0 Å². The minimum Gasteiger partial charge on any atom is -0.393 e. The van der Waals surface area contributed by atoms with Crippen LogP contribution in [-0.2, 0) is 17.7 Å². The van der Waals surface area contributed by atoms with Crippen LogP contribution < -0.4 is 0 Å². The first kappa shape index (κ1) is 14.1. The summed E-state index contributed by atoms with van der Waals surface area (Å²) in [6.45, 7) is 6.40. The molecule has 1 aromatic rings. The van der Waals surface area contributed by atoms with Gasteiger partial charge in [-0.2, -0.15) is 5.10 Å². The van der Waals surface area contributed by atoms with E-state index in [1.807, 2.05) is 4.68 Å². The normalized spacial score (nSPS) is 12.9. The van der Waals surface area contributed by atoms with Gasteiger partial charge in [0.25, 0.3) is 0 Å². The molecule has 0 bridgehead atoms. The Morgan fingerprint density at radius 2 is 2.18 bits per heavy atom. The van der Waals surface area contributed by atoms with E-state index in [1.165, 1.54) is 0 Å². The van der Waals surface area contributed by atoms with Gasteiger partial charge in [0.2, 0.25) is 0 Å². The van der Waals surface area contributed by atoms with Gasteiger partial charge in [-0.15, -0.1) is 0 Å². The third kappa shape index (κ3) is 5.28.